The molecule has 0 saturated carbocycles. The minimum atomic E-state index is -3.16. The minimum Gasteiger partial charge on any atom is -0.229 e. The number of sulfonamides is 1. The first-order valence-electron chi connectivity index (χ1n) is 3.30. The Balaban J connectivity index is 0. The van der Waals surface area contributed by atoms with E-state index in [4.69, 9.17) is 0 Å². The van der Waals surface area contributed by atoms with E-state index in [0.29, 0.717) is 0 Å². The van der Waals surface area contributed by atoms with Crippen LogP contribution in [0, 0.1) is 5.92 Å². The average Bonchev–Trinajstić information content (AvgIpc) is 1.63. The fourth-order valence-electron chi connectivity index (χ4n) is 0. The Labute approximate surface area is 63.7 Å². The number of hydrogen-bond acceptors (Lipinski definition) is 2. The van der Waals surface area contributed by atoms with E-state index in [-0.39, 0.29) is 5.75 Å². The van der Waals surface area contributed by atoms with Gasteiger partial charge in [-0.1, -0.05) is 20.8 Å². The molecule has 0 aromatic heterocycles. The summed E-state index contributed by atoms with van der Waals surface area (Å²) in [7, 11) is -3.16. The van der Waals surface area contributed by atoms with Gasteiger partial charge in [-0.2, -0.15) is 0 Å². The third-order valence-electron chi connectivity index (χ3n) is 0.402. The normalized spacial score (nSPS) is 10.6. The number of hydrogen-bond donors (Lipinski definition) is 1. The summed E-state index contributed by atoms with van der Waals surface area (Å²) < 4.78 is 19.6. The van der Waals surface area contributed by atoms with Crippen LogP contribution in [-0.4, -0.2) is 14.2 Å². The summed E-state index contributed by atoms with van der Waals surface area (Å²) in [5, 5.41) is 4.51. The second-order valence-corrected chi connectivity index (χ2v) is 4.59. The Morgan fingerprint density at radius 1 is 1.30 bits per heavy atom. The molecule has 0 rings (SSSR count). The van der Waals surface area contributed by atoms with Crippen LogP contribution in [0.3, 0.4) is 0 Å². The summed E-state index contributed by atoms with van der Waals surface area (Å²) in [5.41, 5.74) is 0. The molecule has 0 bridgehead atoms. The molecule has 0 unspecified atom stereocenters. The predicted octanol–water partition coefficient (Wildman–Crippen LogP) is 0.957. The molecular formula is C6H17NO2S. The fraction of sp³-hybridized carbons (Fsp3) is 1.00. The molecule has 64 valence electrons. The minimum absolute atomic E-state index is 0.0208. The summed E-state index contributed by atoms with van der Waals surface area (Å²) in [6.07, 6.45) is 0. The summed E-state index contributed by atoms with van der Waals surface area (Å²) in [4.78, 5) is 0. The summed E-state index contributed by atoms with van der Waals surface area (Å²) >= 11 is 0. The van der Waals surface area contributed by atoms with Crippen LogP contribution in [0.4, 0.5) is 0 Å². The van der Waals surface area contributed by atoms with E-state index >= 15 is 0 Å². The molecule has 0 saturated heterocycles. The van der Waals surface area contributed by atoms with E-state index in [1.54, 1.807) is 0 Å². The summed E-state index contributed by atoms with van der Waals surface area (Å²) in [6.45, 7) is 8.00. The monoisotopic (exact) mass is 167 g/mol. The van der Waals surface area contributed by atoms with Crippen molar-refractivity contribution >= 4 is 10.0 Å². The lowest BCUT2D eigenvalue weighted by atomic mass is 10.3. The van der Waals surface area contributed by atoms with E-state index < -0.39 is 10.0 Å². The second-order valence-electron chi connectivity index (χ2n) is 2.68. The smallest absolute Gasteiger partial charge is 0.208 e. The Kier molecular flexibility index (Phi) is 7.14. The van der Waals surface area contributed by atoms with E-state index in [1.807, 2.05) is 0 Å². The van der Waals surface area contributed by atoms with Crippen molar-refractivity contribution < 1.29 is 8.42 Å². The van der Waals surface area contributed by atoms with Crippen molar-refractivity contribution in [2.45, 2.75) is 27.7 Å². The molecule has 10 heavy (non-hydrogen) atoms. The molecule has 0 aliphatic carbocycles. The average molecular weight is 167 g/mol. The molecule has 0 spiro atoms. The van der Waals surface area contributed by atoms with Gasteiger partial charge in [-0.05, 0) is 12.8 Å². The van der Waals surface area contributed by atoms with Crippen LogP contribution >= 0.6 is 0 Å². The summed E-state index contributed by atoms with van der Waals surface area (Å²) in [5.74, 6) is 0.854. The summed E-state index contributed by atoms with van der Waals surface area (Å²) in [6, 6.07) is 0. The zero-order chi connectivity index (χ0) is 8.78. The van der Waals surface area contributed by atoms with Gasteiger partial charge in [0.25, 0.3) is 0 Å². The van der Waals surface area contributed by atoms with Gasteiger partial charge in [0.05, 0.1) is 5.75 Å². The molecule has 4 heteroatoms. The van der Waals surface area contributed by atoms with Crippen molar-refractivity contribution in [1.82, 2.24) is 0 Å². The fourth-order valence-corrected chi connectivity index (χ4v) is 0. The van der Waals surface area contributed by atoms with Crippen molar-refractivity contribution in [3.05, 3.63) is 0 Å². The predicted molar refractivity (Wildman–Crippen MR) is 44.2 cm³/mol. The molecule has 0 atom stereocenters. The lowest BCUT2D eigenvalue weighted by Gasteiger charge is -1.81. The van der Waals surface area contributed by atoms with Crippen LogP contribution in [0.15, 0.2) is 0 Å². The molecule has 0 heterocycles. The van der Waals surface area contributed by atoms with Crippen molar-refractivity contribution in [1.29, 1.82) is 0 Å². The van der Waals surface area contributed by atoms with Gasteiger partial charge in [-0.25, -0.2) is 13.6 Å². The molecule has 0 amide bonds. The molecule has 0 aromatic carbocycles. The van der Waals surface area contributed by atoms with E-state index in [1.165, 1.54) is 6.92 Å². The molecule has 3 nitrogen and oxygen atoms in total. The van der Waals surface area contributed by atoms with Gasteiger partial charge in [-0.15, -0.1) is 0 Å². The van der Waals surface area contributed by atoms with Crippen molar-refractivity contribution in [3.8, 4) is 0 Å². The maximum atomic E-state index is 9.78. The zero-order valence-corrected chi connectivity index (χ0v) is 7.90. The Morgan fingerprint density at radius 3 is 1.40 bits per heavy atom. The van der Waals surface area contributed by atoms with Crippen LogP contribution in [0.1, 0.15) is 27.7 Å². The van der Waals surface area contributed by atoms with E-state index in [2.05, 4.69) is 25.9 Å². The first-order chi connectivity index (χ1) is 4.29. The maximum Gasteiger partial charge on any atom is 0.208 e. The molecule has 0 radical (unpaired) electrons. The second kappa shape index (κ2) is 5.68. The quantitative estimate of drug-likeness (QED) is 0.632. The van der Waals surface area contributed by atoms with Crippen molar-refractivity contribution in [3.63, 3.8) is 0 Å². The van der Waals surface area contributed by atoms with Crippen molar-refractivity contribution in [2.75, 3.05) is 5.75 Å². The van der Waals surface area contributed by atoms with Crippen LogP contribution < -0.4 is 5.14 Å². The highest BCUT2D eigenvalue weighted by Gasteiger charge is 1.90. The van der Waals surface area contributed by atoms with E-state index in [9.17, 15) is 8.42 Å². The molecule has 0 aromatic rings. The van der Waals surface area contributed by atoms with Gasteiger partial charge in [-0.3, -0.25) is 0 Å². The highest BCUT2D eigenvalue weighted by atomic mass is 32.2. The van der Waals surface area contributed by atoms with Crippen LogP contribution in [-0.2, 0) is 10.0 Å². The molecule has 2 N–H and O–H groups in total. The lowest BCUT2D eigenvalue weighted by Crippen LogP contribution is -2.13. The Hall–Kier alpha value is -0.0900. The molecule has 0 fully saturated rings. The number of rotatable bonds is 1. The Morgan fingerprint density at radius 2 is 1.40 bits per heavy atom. The zero-order valence-electron chi connectivity index (χ0n) is 7.09. The first kappa shape index (κ1) is 12.6. The standard InChI is InChI=1S/C4H10.C2H7NO2S/c1-4(2)3;1-2-6(3,4)5/h4H,1-3H3;2H2,1H3,(H2,3,4,5). The number of nitrogens with two attached hydrogens (primary N) is 1. The molecule has 0 aliphatic heterocycles. The van der Waals surface area contributed by atoms with Gasteiger partial charge >= 0.3 is 0 Å². The van der Waals surface area contributed by atoms with Gasteiger partial charge < -0.3 is 0 Å². The highest BCUT2D eigenvalue weighted by Crippen LogP contribution is 1.81. The largest absolute Gasteiger partial charge is 0.229 e. The van der Waals surface area contributed by atoms with Gasteiger partial charge in [0, 0.05) is 0 Å². The van der Waals surface area contributed by atoms with E-state index in [0.717, 1.165) is 5.92 Å². The number of primary sulfonamides is 1. The third kappa shape index (κ3) is 44.6. The highest BCUT2D eigenvalue weighted by molar-refractivity contribution is 7.89. The molecular weight excluding hydrogens is 150 g/mol. The van der Waals surface area contributed by atoms with Crippen LogP contribution in [0.25, 0.3) is 0 Å². The maximum absolute atomic E-state index is 9.78. The molecule has 0 aliphatic rings. The lowest BCUT2D eigenvalue weighted by molar-refractivity contribution is 0.599. The topological polar surface area (TPSA) is 60.2 Å². The Bertz CT molecular complexity index is 146. The van der Waals surface area contributed by atoms with Gasteiger partial charge in [0.15, 0.2) is 0 Å². The van der Waals surface area contributed by atoms with Crippen LogP contribution in [0.5, 0.6) is 0 Å². The van der Waals surface area contributed by atoms with Crippen LogP contribution in [0.2, 0.25) is 0 Å². The SMILES string of the molecule is CC(C)C.CCS(N)(=O)=O. The van der Waals surface area contributed by atoms with Gasteiger partial charge in [0.2, 0.25) is 10.0 Å². The van der Waals surface area contributed by atoms with Crippen molar-refractivity contribution in [2.24, 2.45) is 11.1 Å². The first-order valence-corrected chi connectivity index (χ1v) is 5.01. The third-order valence-corrected chi connectivity index (χ3v) is 1.21. The van der Waals surface area contributed by atoms with Gasteiger partial charge in [0.1, 0.15) is 0 Å².